The van der Waals surface area contributed by atoms with Crippen LogP contribution in [0.25, 0.3) is 0 Å². The van der Waals surface area contributed by atoms with E-state index >= 15 is 0 Å². The van der Waals surface area contributed by atoms with E-state index in [1.165, 1.54) is 53.4 Å². The first kappa shape index (κ1) is 76.6. The number of aromatic hydroxyl groups is 2. The number of nitrogens with two attached hydrogens (primary N) is 4. The van der Waals surface area contributed by atoms with Gasteiger partial charge in [0.1, 0.15) is 65.9 Å². The largest absolute Gasteiger partial charge is 0.508 e. The standard InChI is InChI=1S/C60H95N15O16/c1-5-34(4)49(74-54(85)44(31-48(79)80)71-51(82)41(13-7-9-25-62)69-56(87)47-15-11-27-75(47)58(89)39(63)28-33(2)3)57(88)73-46(32-76)55(86)70-43(29-35-16-20-37(77)21-17-35)53(84)68-40(12-6-8-24-61)50(81)67-42(14-10-26-66-60(64)65)52(83)72-45(59(90)91)30-36-18-22-38(78)23-19-36/h16-23,33-34,39-47,49,76-78H,5-15,24-32,61-63H2,1-4H3,(H,67,81)(H,68,84)(H,69,87)(H,70,86)(H,71,82)(H,72,83)(H,73,88)(H,74,85)(H,79,80)(H,90,91)(H4,64,65,66)/t34-,39-,40-,41-,42-,43-,44-,45-,46-,47-,49-/m0/s1. The molecule has 0 radical (unpaired) electrons. The zero-order valence-corrected chi connectivity index (χ0v) is 52.2. The smallest absolute Gasteiger partial charge is 0.326 e. The quantitative estimate of drug-likeness (QED) is 0.0182. The van der Waals surface area contributed by atoms with Crippen LogP contribution in [0, 0.1) is 17.2 Å². The lowest BCUT2D eigenvalue weighted by Gasteiger charge is -2.30. The second-order valence-electron chi connectivity index (χ2n) is 23.1. The Balaban J connectivity index is 1.91. The summed E-state index contributed by atoms with van der Waals surface area (Å²) in [5.41, 5.74) is 23.9. The summed E-state index contributed by atoms with van der Waals surface area (Å²) in [6.45, 7) is 6.65. The molecule has 11 atom stereocenters. The number of hydrogen-bond donors (Lipinski definition) is 19. The van der Waals surface area contributed by atoms with Crippen molar-refractivity contribution in [3.05, 3.63) is 59.7 Å². The number of guanidine groups is 1. The number of hydrogen-bond acceptors (Lipinski definition) is 18. The lowest BCUT2D eigenvalue weighted by atomic mass is 9.97. The van der Waals surface area contributed by atoms with E-state index in [0.29, 0.717) is 43.2 Å². The number of aliphatic hydroxyl groups is 1. The van der Waals surface area contributed by atoms with Gasteiger partial charge in [0.05, 0.1) is 19.1 Å². The Morgan fingerprint density at radius 3 is 1.51 bits per heavy atom. The van der Waals surface area contributed by atoms with Crippen molar-refractivity contribution in [2.24, 2.45) is 34.8 Å². The zero-order chi connectivity index (χ0) is 67.9. The number of carboxylic acid groups (broad SMARTS) is 2. The van der Waals surface area contributed by atoms with Crippen LogP contribution in [0.1, 0.15) is 122 Å². The molecule has 3 rings (SSSR count). The number of unbranched alkanes of at least 4 members (excludes halogenated alkanes) is 2. The Labute approximate surface area is 529 Å². The number of rotatable bonds is 41. The fraction of sp³-hybridized carbons (Fsp3) is 0.600. The van der Waals surface area contributed by atoms with Crippen LogP contribution in [0.4, 0.5) is 0 Å². The van der Waals surface area contributed by atoms with Gasteiger partial charge >= 0.3 is 11.9 Å². The number of phenolic OH excluding ortho intramolecular Hbond substituents is 2. The first-order chi connectivity index (χ1) is 43.1. The normalized spacial score (nSPS) is 16.1. The summed E-state index contributed by atoms with van der Waals surface area (Å²) in [6.07, 6.45) is 1.08. The Kier molecular flexibility index (Phi) is 33.2. The molecule has 2 aromatic rings. The van der Waals surface area contributed by atoms with E-state index in [2.05, 4.69) is 47.9 Å². The summed E-state index contributed by atoms with van der Waals surface area (Å²) in [5.74, 6) is -12.4. The van der Waals surface area contributed by atoms with Crippen molar-refractivity contribution in [3.8, 4) is 11.5 Å². The van der Waals surface area contributed by atoms with Gasteiger partial charge < -0.3 is 101 Å². The number of carboxylic acids is 2. The van der Waals surface area contributed by atoms with Gasteiger partial charge in [0.25, 0.3) is 0 Å². The van der Waals surface area contributed by atoms with Crippen LogP contribution in [-0.2, 0) is 65.6 Å². The highest BCUT2D eigenvalue weighted by Crippen LogP contribution is 2.21. The molecular weight excluding hydrogens is 1190 g/mol. The lowest BCUT2D eigenvalue weighted by molar-refractivity contribution is -0.142. The summed E-state index contributed by atoms with van der Waals surface area (Å²) in [6, 6.07) is -3.32. The maximum Gasteiger partial charge on any atom is 0.326 e. The van der Waals surface area contributed by atoms with Crippen LogP contribution < -0.4 is 70.8 Å². The third-order valence-electron chi connectivity index (χ3n) is 15.3. The number of aliphatic carboxylic acids is 2. The second kappa shape index (κ2) is 39.4. The number of benzene rings is 2. The molecule has 1 aliphatic heterocycles. The molecule has 0 aliphatic carbocycles. The molecular formula is C60H95N15O16. The van der Waals surface area contributed by atoms with Crippen LogP contribution in [0.5, 0.6) is 11.5 Å². The number of nitrogens with zero attached hydrogens (tertiary/aromatic N) is 1. The van der Waals surface area contributed by atoms with Crippen LogP contribution in [-0.4, -0.2) is 195 Å². The van der Waals surface area contributed by atoms with E-state index in [4.69, 9.17) is 28.3 Å². The summed E-state index contributed by atoms with van der Waals surface area (Å²) in [4.78, 5) is 153. The number of phenols is 2. The van der Waals surface area contributed by atoms with Gasteiger partial charge in [-0.15, -0.1) is 0 Å². The maximum absolute atomic E-state index is 14.5. The first-order valence-electron chi connectivity index (χ1n) is 30.7. The van der Waals surface area contributed by atoms with Crippen LogP contribution in [0.2, 0.25) is 0 Å². The van der Waals surface area contributed by atoms with Crippen molar-refractivity contribution < 1.29 is 78.3 Å². The number of nitrogens with one attached hydrogen (secondary N) is 10. The molecule has 0 bridgehead atoms. The molecule has 1 heterocycles. The lowest BCUT2D eigenvalue weighted by Crippen LogP contribution is -2.62. The Morgan fingerprint density at radius 1 is 0.593 bits per heavy atom. The second-order valence-corrected chi connectivity index (χ2v) is 23.1. The van der Waals surface area contributed by atoms with Crippen LogP contribution >= 0.6 is 0 Å². The molecule has 0 unspecified atom stereocenters. The van der Waals surface area contributed by atoms with Crippen molar-refractivity contribution in [2.45, 2.75) is 184 Å². The van der Waals surface area contributed by atoms with Gasteiger partial charge in [-0.25, -0.2) is 4.79 Å². The first-order valence-corrected chi connectivity index (χ1v) is 30.7. The third-order valence-corrected chi connectivity index (χ3v) is 15.3. The predicted octanol–water partition coefficient (Wildman–Crippen LogP) is -2.76. The molecule has 91 heavy (non-hydrogen) atoms. The van der Waals surface area contributed by atoms with E-state index in [1.807, 2.05) is 13.8 Å². The fourth-order valence-electron chi connectivity index (χ4n) is 10.0. The highest BCUT2D eigenvalue weighted by molar-refractivity contribution is 5.99. The van der Waals surface area contributed by atoms with Gasteiger partial charge in [-0.3, -0.25) is 53.4 Å². The minimum atomic E-state index is -1.85. The molecule has 1 aliphatic rings. The monoisotopic (exact) mass is 1280 g/mol. The average Bonchev–Trinajstić information content (AvgIpc) is 3.10. The molecule has 31 nitrogen and oxygen atoms in total. The van der Waals surface area contributed by atoms with Gasteiger partial charge in [-0.1, -0.05) is 58.4 Å². The topological polar surface area (TPSA) is 528 Å². The van der Waals surface area contributed by atoms with Gasteiger partial charge in [-0.05, 0) is 131 Å². The number of aliphatic hydroxyl groups excluding tert-OH is 1. The number of carbonyl (C=O) groups is 11. The third kappa shape index (κ3) is 26.7. The van der Waals surface area contributed by atoms with E-state index in [9.17, 15) is 78.3 Å². The highest BCUT2D eigenvalue weighted by Gasteiger charge is 2.40. The van der Waals surface area contributed by atoms with Crippen LogP contribution in [0.15, 0.2) is 48.5 Å². The summed E-state index contributed by atoms with van der Waals surface area (Å²) in [7, 11) is 0. The number of amides is 9. The SMILES string of the molecule is CC[C@H](C)[C@H](NC(=O)[C@H](CC(=O)O)NC(=O)[C@H](CCCCN)NC(=O)[C@@H]1CCCN1C(=O)[C@@H](N)CC(C)C)C(=O)N[C@@H](CO)C(=O)N[C@@H](Cc1ccc(O)cc1)C(=O)N[C@@H](CCCCN)C(=O)N[C@@H](CCCNC(=N)N)C(=O)N[C@@H](Cc1ccc(O)cc1)C(=O)O. The van der Waals surface area contributed by atoms with E-state index in [1.54, 1.807) is 13.8 Å². The summed E-state index contributed by atoms with van der Waals surface area (Å²) in [5, 5.41) is 80.6. The minimum absolute atomic E-state index is 0.00106. The van der Waals surface area contributed by atoms with Gasteiger partial charge in [-0.2, -0.15) is 0 Å². The molecule has 9 amide bonds. The molecule has 31 heteroatoms. The number of carbonyl (C=O) groups excluding carboxylic acids is 9. The Morgan fingerprint density at radius 2 is 1.03 bits per heavy atom. The zero-order valence-electron chi connectivity index (χ0n) is 52.2. The Bertz CT molecular complexity index is 2760. The van der Waals surface area contributed by atoms with E-state index in [0.717, 1.165) is 0 Å². The Hall–Kier alpha value is -8.68. The molecule has 0 aromatic heterocycles. The van der Waals surface area contributed by atoms with Crippen molar-refractivity contribution in [3.63, 3.8) is 0 Å². The van der Waals surface area contributed by atoms with Crippen molar-refractivity contribution in [2.75, 3.05) is 32.8 Å². The molecule has 2 aromatic carbocycles. The predicted molar refractivity (Wildman–Crippen MR) is 333 cm³/mol. The highest BCUT2D eigenvalue weighted by atomic mass is 16.4. The van der Waals surface area contributed by atoms with Crippen molar-refractivity contribution in [1.82, 2.24) is 52.8 Å². The average molecular weight is 1280 g/mol. The van der Waals surface area contributed by atoms with Gasteiger partial charge in [0.2, 0.25) is 53.2 Å². The molecule has 23 N–H and O–H groups in total. The molecule has 0 saturated carbocycles. The molecule has 0 spiro atoms. The molecule has 1 fully saturated rings. The molecule has 506 valence electrons. The van der Waals surface area contributed by atoms with Crippen molar-refractivity contribution >= 4 is 71.1 Å². The maximum atomic E-state index is 14.5. The van der Waals surface area contributed by atoms with Gasteiger partial charge in [0.15, 0.2) is 5.96 Å². The van der Waals surface area contributed by atoms with Crippen molar-refractivity contribution in [1.29, 1.82) is 5.41 Å². The minimum Gasteiger partial charge on any atom is -0.508 e. The summed E-state index contributed by atoms with van der Waals surface area (Å²) < 4.78 is 0. The van der Waals surface area contributed by atoms with E-state index < -0.39 is 144 Å². The van der Waals surface area contributed by atoms with Gasteiger partial charge in [0, 0.05) is 25.9 Å². The molecule has 1 saturated heterocycles. The van der Waals surface area contributed by atoms with Crippen LogP contribution in [0.3, 0.4) is 0 Å². The fourth-order valence-corrected chi connectivity index (χ4v) is 10.0. The summed E-state index contributed by atoms with van der Waals surface area (Å²) >= 11 is 0. The van der Waals surface area contributed by atoms with E-state index in [-0.39, 0.29) is 107 Å². The number of likely N-dealkylation sites (tertiary alicyclic amines) is 1.